The Hall–Kier alpha value is -1.75. The third kappa shape index (κ3) is 2.97. The van der Waals surface area contributed by atoms with Crippen LogP contribution in [0.4, 0.5) is 0 Å². The van der Waals surface area contributed by atoms with E-state index >= 15 is 0 Å². The molecule has 110 valence electrons. The van der Waals surface area contributed by atoms with Crippen LogP contribution in [0.3, 0.4) is 0 Å². The third-order valence-corrected chi connectivity index (χ3v) is 4.82. The Morgan fingerprint density at radius 2 is 1.95 bits per heavy atom. The second kappa shape index (κ2) is 5.56. The van der Waals surface area contributed by atoms with Crippen LogP contribution in [0.15, 0.2) is 17.5 Å². The second-order valence-corrected chi connectivity index (χ2v) is 6.65. The number of rotatable bonds is 2. The summed E-state index contributed by atoms with van der Waals surface area (Å²) in [6.07, 6.45) is 0.943. The average Bonchev–Trinajstić information content (AvgIpc) is 3.05. The molecule has 5 heteroatoms. The molecule has 3 rings (SSSR count). The Morgan fingerprint density at radius 3 is 2.57 bits per heavy atom. The van der Waals surface area contributed by atoms with Crippen LogP contribution in [0.5, 0.6) is 0 Å². The molecule has 1 saturated heterocycles. The van der Waals surface area contributed by atoms with Gasteiger partial charge in [-0.1, -0.05) is 0 Å². The van der Waals surface area contributed by atoms with E-state index < -0.39 is 0 Å². The number of carbonyl (C=O) groups excluding carboxylic acids is 1. The number of hydrogen-bond donors (Lipinski definition) is 0. The zero-order chi connectivity index (χ0) is 15.0. The van der Waals surface area contributed by atoms with Crippen molar-refractivity contribution in [1.29, 1.82) is 0 Å². The van der Waals surface area contributed by atoms with Gasteiger partial charge in [-0.2, -0.15) is 0 Å². The highest BCUT2D eigenvalue weighted by Gasteiger charge is 2.30. The second-order valence-electron chi connectivity index (χ2n) is 5.73. The number of carbonyl (C=O) groups is 1. The van der Waals surface area contributed by atoms with E-state index in [0.717, 1.165) is 47.2 Å². The molecule has 1 aliphatic rings. The lowest BCUT2D eigenvalue weighted by atomic mass is 10.1. The Bertz CT molecular complexity index is 660. The summed E-state index contributed by atoms with van der Waals surface area (Å²) in [5.74, 6) is 1.28. The smallest absolute Gasteiger partial charge is 0.263 e. The minimum atomic E-state index is 0.139. The molecule has 2 aromatic heterocycles. The number of aromatic nitrogens is 2. The molecule has 0 aromatic carbocycles. The van der Waals surface area contributed by atoms with Crippen LogP contribution >= 0.6 is 11.3 Å². The summed E-state index contributed by atoms with van der Waals surface area (Å²) < 4.78 is 0. The molecule has 2 aromatic rings. The number of hydrogen-bond acceptors (Lipinski definition) is 4. The Kier molecular flexibility index (Phi) is 3.76. The van der Waals surface area contributed by atoms with Crippen molar-refractivity contribution in [2.75, 3.05) is 13.1 Å². The van der Waals surface area contributed by atoms with E-state index in [1.54, 1.807) is 0 Å². The van der Waals surface area contributed by atoms with E-state index in [1.807, 2.05) is 43.2 Å². The summed E-state index contributed by atoms with van der Waals surface area (Å²) in [6, 6.07) is 3.95. The summed E-state index contributed by atoms with van der Waals surface area (Å²) >= 11 is 1.52. The zero-order valence-electron chi connectivity index (χ0n) is 12.6. The van der Waals surface area contributed by atoms with E-state index in [9.17, 15) is 4.79 Å². The van der Waals surface area contributed by atoms with Gasteiger partial charge in [0.05, 0.1) is 4.88 Å². The van der Waals surface area contributed by atoms with Crippen LogP contribution in [-0.4, -0.2) is 33.9 Å². The van der Waals surface area contributed by atoms with Gasteiger partial charge in [-0.25, -0.2) is 9.97 Å². The van der Waals surface area contributed by atoms with E-state index in [1.165, 1.54) is 11.3 Å². The molecule has 0 saturated carbocycles. The van der Waals surface area contributed by atoms with Crippen molar-refractivity contribution in [3.05, 3.63) is 45.2 Å². The van der Waals surface area contributed by atoms with Crippen LogP contribution in [-0.2, 0) is 0 Å². The van der Waals surface area contributed by atoms with Gasteiger partial charge in [-0.3, -0.25) is 4.79 Å². The van der Waals surface area contributed by atoms with Crippen molar-refractivity contribution in [1.82, 2.24) is 14.9 Å². The third-order valence-electron chi connectivity index (χ3n) is 3.78. The van der Waals surface area contributed by atoms with Crippen molar-refractivity contribution in [3.8, 4) is 0 Å². The highest BCUT2D eigenvalue weighted by atomic mass is 32.1. The summed E-state index contributed by atoms with van der Waals surface area (Å²) in [6.45, 7) is 7.51. The molecule has 0 aliphatic carbocycles. The molecule has 1 amide bonds. The maximum Gasteiger partial charge on any atom is 0.263 e. The highest BCUT2D eigenvalue weighted by Crippen LogP contribution is 2.27. The lowest BCUT2D eigenvalue weighted by Gasteiger charge is -2.15. The largest absolute Gasteiger partial charge is 0.337 e. The van der Waals surface area contributed by atoms with Crippen LogP contribution in [0.25, 0.3) is 0 Å². The number of thiophene rings is 1. The summed E-state index contributed by atoms with van der Waals surface area (Å²) in [5.41, 5.74) is 3.14. The fourth-order valence-electron chi connectivity index (χ4n) is 2.79. The number of nitrogens with zero attached hydrogens (tertiary/aromatic N) is 3. The predicted octanol–water partition coefficient (Wildman–Crippen LogP) is 3.09. The molecule has 1 atom stereocenters. The molecular weight excluding hydrogens is 282 g/mol. The maximum absolute atomic E-state index is 12.5. The molecule has 0 unspecified atom stereocenters. The number of amides is 1. The average molecular weight is 301 g/mol. The van der Waals surface area contributed by atoms with Crippen molar-refractivity contribution in [3.63, 3.8) is 0 Å². The first kappa shape index (κ1) is 14.2. The van der Waals surface area contributed by atoms with Crippen molar-refractivity contribution < 1.29 is 4.79 Å². The zero-order valence-corrected chi connectivity index (χ0v) is 13.4. The first-order valence-corrected chi connectivity index (χ1v) is 8.07. The molecule has 0 bridgehead atoms. The van der Waals surface area contributed by atoms with E-state index in [-0.39, 0.29) is 11.8 Å². The first-order valence-electron chi connectivity index (χ1n) is 7.19. The van der Waals surface area contributed by atoms with Gasteiger partial charge in [-0.15, -0.1) is 11.3 Å². The van der Waals surface area contributed by atoms with E-state index in [4.69, 9.17) is 0 Å². The van der Waals surface area contributed by atoms with Gasteiger partial charge in [-0.05, 0) is 50.3 Å². The van der Waals surface area contributed by atoms with Crippen LogP contribution in [0.1, 0.15) is 44.8 Å². The number of aryl methyl sites for hydroxylation is 3. The summed E-state index contributed by atoms with van der Waals surface area (Å²) in [4.78, 5) is 24.3. The normalized spacial score (nSPS) is 18.2. The lowest BCUT2D eigenvalue weighted by molar-refractivity contribution is 0.0795. The molecule has 1 aliphatic heterocycles. The van der Waals surface area contributed by atoms with Crippen molar-refractivity contribution >= 4 is 17.2 Å². The minimum absolute atomic E-state index is 0.139. The summed E-state index contributed by atoms with van der Waals surface area (Å²) in [7, 11) is 0. The fourth-order valence-corrected chi connectivity index (χ4v) is 3.66. The van der Waals surface area contributed by atoms with Gasteiger partial charge in [0, 0.05) is 30.4 Å². The fraction of sp³-hybridized carbons (Fsp3) is 0.438. The van der Waals surface area contributed by atoms with Gasteiger partial charge in [0.25, 0.3) is 5.91 Å². The monoisotopic (exact) mass is 301 g/mol. The number of likely N-dealkylation sites (tertiary alicyclic amines) is 1. The molecule has 0 spiro atoms. The molecule has 0 N–H and O–H groups in total. The quantitative estimate of drug-likeness (QED) is 0.856. The van der Waals surface area contributed by atoms with Crippen molar-refractivity contribution in [2.45, 2.75) is 33.1 Å². The minimum Gasteiger partial charge on any atom is -0.337 e. The molecule has 21 heavy (non-hydrogen) atoms. The van der Waals surface area contributed by atoms with E-state index in [2.05, 4.69) is 9.97 Å². The van der Waals surface area contributed by atoms with Crippen LogP contribution in [0, 0.1) is 20.8 Å². The van der Waals surface area contributed by atoms with E-state index in [0.29, 0.717) is 0 Å². The highest BCUT2D eigenvalue weighted by molar-refractivity contribution is 7.12. The van der Waals surface area contributed by atoms with Gasteiger partial charge < -0.3 is 4.90 Å². The summed E-state index contributed by atoms with van der Waals surface area (Å²) in [5, 5.41) is 2.02. The topological polar surface area (TPSA) is 46.1 Å². The Morgan fingerprint density at radius 1 is 1.24 bits per heavy atom. The molecule has 0 radical (unpaired) electrons. The van der Waals surface area contributed by atoms with Gasteiger partial charge >= 0.3 is 0 Å². The SMILES string of the molecule is Cc1csc(C(=O)N2CC[C@@H](c3nc(C)cc(C)n3)C2)c1. The molecule has 3 heterocycles. The predicted molar refractivity (Wildman–Crippen MR) is 83.8 cm³/mol. The van der Waals surface area contributed by atoms with Gasteiger partial charge in [0.2, 0.25) is 0 Å². The Labute approximate surface area is 128 Å². The lowest BCUT2D eigenvalue weighted by Crippen LogP contribution is -2.28. The molecular formula is C16H19N3OS. The van der Waals surface area contributed by atoms with Crippen molar-refractivity contribution in [2.24, 2.45) is 0 Å². The van der Waals surface area contributed by atoms with Crippen LogP contribution in [0.2, 0.25) is 0 Å². The molecule has 4 nitrogen and oxygen atoms in total. The maximum atomic E-state index is 12.5. The van der Waals surface area contributed by atoms with Gasteiger partial charge in [0.15, 0.2) is 0 Å². The first-order chi connectivity index (χ1) is 10.0. The van der Waals surface area contributed by atoms with Crippen LogP contribution < -0.4 is 0 Å². The Balaban J connectivity index is 1.74. The van der Waals surface area contributed by atoms with Gasteiger partial charge in [0.1, 0.15) is 5.82 Å². The molecule has 1 fully saturated rings. The standard InChI is InChI=1S/C16H19N3OS/c1-10-6-14(21-9-10)16(20)19-5-4-13(8-19)15-17-11(2)7-12(3)18-15/h6-7,9,13H,4-5,8H2,1-3H3/t13-/m1/s1.